The van der Waals surface area contributed by atoms with E-state index in [1.165, 1.54) is 0 Å². The molecule has 3 nitrogen and oxygen atoms in total. The highest BCUT2D eigenvalue weighted by Crippen LogP contribution is 2.15. The van der Waals surface area contributed by atoms with Crippen molar-refractivity contribution in [3.63, 3.8) is 0 Å². The molecule has 0 saturated heterocycles. The molecule has 3 heteroatoms. The molecule has 0 spiro atoms. The van der Waals surface area contributed by atoms with Gasteiger partial charge in [-0.2, -0.15) is 0 Å². The van der Waals surface area contributed by atoms with Crippen LogP contribution in [0.4, 0.5) is 0 Å². The van der Waals surface area contributed by atoms with Crippen LogP contribution in [-0.2, 0) is 9.47 Å². The van der Waals surface area contributed by atoms with Gasteiger partial charge in [0.15, 0.2) is 0 Å². The van der Waals surface area contributed by atoms with E-state index in [4.69, 9.17) is 15.2 Å². The Balaban J connectivity index is 3.63. The van der Waals surface area contributed by atoms with Crippen molar-refractivity contribution in [3.05, 3.63) is 0 Å². The molecule has 0 radical (unpaired) electrons. The number of hydrogen-bond acceptors (Lipinski definition) is 3. The molecular weight excluding hydrogens is 154 g/mol. The molecule has 74 valence electrons. The first-order valence-electron chi connectivity index (χ1n) is 4.34. The highest BCUT2D eigenvalue weighted by molar-refractivity contribution is 4.81. The van der Waals surface area contributed by atoms with Gasteiger partial charge in [-0.05, 0) is 26.7 Å². The maximum absolute atomic E-state index is 5.92. The van der Waals surface area contributed by atoms with Gasteiger partial charge >= 0.3 is 0 Å². The third-order valence-electron chi connectivity index (χ3n) is 2.28. The lowest BCUT2D eigenvalue weighted by Gasteiger charge is -2.30. The molecule has 12 heavy (non-hydrogen) atoms. The van der Waals surface area contributed by atoms with Crippen molar-refractivity contribution >= 4 is 0 Å². The second-order valence-corrected chi connectivity index (χ2v) is 3.55. The van der Waals surface area contributed by atoms with Crippen molar-refractivity contribution in [1.82, 2.24) is 0 Å². The SMILES string of the molecule is COCCCC(N)C(C)(C)OC. The van der Waals surface area contributed by atoms with E-state index in [1.54, 1.807) is 14.2 Å². The molecule has 0 rings (SSSR count). The van der Waals surface area contributed by atoms with Gasteiger partial charge in [0.1, 0.15) is 0 Å². The Kier molecular flexibility index (Phi) is 5.46. The molecule has 0 bridgehead atoms. The van der Waals surface area contributed by atoms with E-state index >= 15 is 0 Å². The highest BCUT2D eigenvalue weighted by Gasteiger charge is 2.24. The first kappa shape index (κ1) is 11.9. The fraction of sp³-hybridized carbons (Fsp3) is 1.00. The number of rotatable bonds is 6. The molecule has 0 saturated carbocycles. The zero-order chi connectivity index (χ0) is 9.61. The Morgan fingerprint density at radius 1 is 1.33 bits per heavy atom. The van der Waals surface area contributed by atoms with Crippen molar-refractivity contribution in [2.45, 2.75) is 38.3 Å². The van der Waals surface area contributed by atoms with Crippen LogP contribution in [0.3, 0.4) is 0 Å². The average Bonchev–Trinajstić information content (AvgIpc) is 2.05. The summed E-state index contributed by atoms with van der Waals surface area (Å²) in [6.07, 6.45) is 1.93. The molecule has 0 fully saturated rings. The van der Waals surface area contributed by atoms with Crippen LogP contribution < -0.4 is 5.73 Å². The van der Waals surface area contributed by atoms with Gasteiger partial charge in [-0.15, -0.1) is 0 Å². The van der Waals surface area contributed by atoms with Gasteiger partial charge in [-0.25, -0.2) is 0 Å². The summed E-state index contributed by atoms with van der Waals surface area (Å²) in [5.41, 5.74) is 5.69. The van der Waals surface area contributed by atoms with Crippen LogP contribution in [0.2, 0.25) is 0 Å². The number of methoxy groups -OCH3 is 2. The Labute approximate surface area is 75.2 Å². The van der Waals surface area contributed by atoms with Gasteiger partial charge in [0.05, 0.1) is 5.60 Å². The first-order chi connectivity index (χ1) is 5.54. The lowest BCUT2D eigenvalue weighted by Crippen LogP contribution is -2.44. The van der Waals surface area contributed by atoms with Crippen LogP contribution in [0.5, 0.6) is 0 Å². The summed E-state index contributed by atoms with van der Waals surface area (Å²) in [6.45, 7) is 4.78. The highest BCUT2D eigenvalue weighted by atomic mass is 16.5. The van der Waals surface area contributed by atoms with E-state index in [0.29, 0.717) is 0 Å². The maximum atomic E-state index is 5.92. The summed E-state index contributed by atoms with van der Waals surface area (Å²) < 4.78 is 10.2. The molecule has 2 N–H and O–H groups in total. The lowest BCUT2D eigenvalue weighted by atomic mass is 9.95. The van der Waals surface area contributed by atoms with Crippen LogP contribution >= 0.6 is 0 Å². The minimum Gasteiger partial charge on any atom is -0.385 e. The van der Waals surface area contributed by atoms with Crippen molar-refractivity contribution in [2.75, 3.05) is 20.8 Å². The van der Waals surface area contributed by atoms with Gasteiger partial charge in [0.25, 0.3) is 0 Å². The monoisotopic (exact) mass is 175 g/mol. The molecule has 1 unspecified atom stereocenters. The number of nitrogens with two attached hydrogens (primary N) is 1. The minimum atomic E-state index is -0.228. The molecule has 0 aliphatic carbocycles. The normalized spacial score (nSPS) is 14.8. The van der Waals surface area contributed by atoms with Crippen molar-refractivity contribution in [1.29, 1.82) is 0 Å². The predicted molar refractivity (Wildman–Crippen MR) is 50.2 cm³/mol. The Morgan fingerprint density at radius 2 is 1.92 bits per heavy atom. The lowest BCUT2D eigenvalue weighted by molar-refractivity contribution is -0.00328. The quantitative estimate of drug-likeness (QED) is 0.616. The van der Waals surface area contributed by atoms with Crippen LogP contribution in [0.15, 0.2) is 0 Å². The van der Waals surface area contributed by atoms with Gasteiger partial charge in [-0.1, -0.05) is 0 Å². The fourth-order valence-corrected chi connectivity index (χ4v) is 0.947. The molecule has 0 aromatic heterocycles. The van der Waals surface area contributed by atoms with Crippen molar-refractivity contribution in [3.8, 4) is 0 Å². The largest absolute Gasteiger partial charge is 0.385 e. The van der Waals surface area contributed by atoms with Crippen LogP contribution in [0, 0.1) is 0 Å². The third-order valence-corrected chi connectivity index (χ3v) is 2.28. The summed E-state index contributed by atoms with van der Waals surface area (Å²) in [5.74, 6) is 0. The fourth-order valence-electron chi connectivity index (χ4n) is 0.947. The van der Waals surface area contributed by atoms with Gasteiger partial charge in [0, 0.05) is 26.9 Å². The second kappa shape index (κ2) is 5.51. The van der Waals surface area contributed by atoms with E-state index in [9.17, 15) is 0 Å². The third kappa shape index (κ3) is 4.04. The van der Waals surface area contributed by atoms with E-state index in [1.807, 2.05) is 13.8 Å². The Morgan fingerprint density at radius 3 is 2.33 bits per heavy atom. The maximum Gasteiger partial charge on any atom is 0.0772 e. The minimum absolute atomic E-state index is 0.0812. The second-order valence-electron chi connectivity index (χ2n) is 3.55. The van der Waals surface area contributed by atoms with Gasteiger partial charge < -0.3 is 15.2 Å². The van der Waals surface area contributed by atoms with E-state index in [-0.39, 0.29) is 11.6 Å². The van der Waals surface area contributed by atoms with E-state index < -0.39 is 0 Å². The van der Waals surface area contributed by atoms with Crippen LogP contribution in [0.1, 0.15) is 26.7 Å². The molecule has 0 amide bonds. The molecule has 0 aromatic carbocycles. The molecule has 0 aliphatic rings. The first-order valence-corrected chi connectivity index (χ1v) is 4.34. The summed E-state index contributed by atoms with van der Waals surface area (Å²) in [5, 5.41) is 0. The Hall–Kier alpha value is -0.120. The molecular formula is C9H21NO2. The smallest absolute Gasteiger partial charge is 0.0772 e. The number of ether oxygens (including phenoxy) is 2. The predicted octanol–water partition coefficient (Wildman–Crippen LogP) is 1.17. The zero-order valence-corrected chi connectivity index (χ0v) is 8.59. The average molecular weight is 175 g/mol. The summed E-state index contributed by atoms with van der Waals surface area (Å²) in [4.78, 5) is 0. The summed E-state index contributed by atoms with van der Waals surface area (Å²) in [7, 11) is 3.39. The molecule has 1 atom stereocenters. The van der Waals surface area contributed by atoms with Crippen LogP contribution in [-0.4, -0.2) is 32.5 Å². The summed E-state index contributed by atoms with van der Waals surface area (Å²) in [6, 6.07) is 0.0812. The van der Waals surface area contributed by atoms with Crippen molar-refractivity contribution in [2.24, 2.45) is 5.73 Å². The van der Waals surface area contributed by atoms with Crippen molar-refractivity contribution < 1.29 is 9.47 Å². The van der Waals surface area contributed by atoms with E-state index in [2.05, 4.69) is 0 Å². The molecule has 0 heterocycles. The van der Waals surface area contributed by atoms with Crippen LogP contribution in [0.25, 0.3) is 0 Å². The zero-order valence-electron chi connectivity index (χ0n) is 8.59. The summed E-state index contributed by atoms with van der Waals surface area (Å²) >= 11 is 0. The van der Waals surface area contributed by atoms with E-state index in [0.717, 1.165) is 19.4 Å². The molecule has 0 aromatic rings. The topological polar surface area (TPSA) is 44.5 Å². The standard InChI is InChI=1S/C9H21NO2/c1-9(2,12-4)8(10)6-5-7-11-3/h8H,5-7,10H2,1-4H3. The molecule has 0 aliphatic heterocycles. The number of hydrogen-bond donors (Lipinski definition) is 1. The van der Waals surface area contributed by atoms with Gasteiger partial charge in [-0.3, -0.25) is 0 Å². The Bertz CT molecular complexity index is 115. The van der Waals surface area contributed by atoms with Gasteiger partial charge in [0.2, 0.25) is 0 Å².